The van der Waals surface area contributed by atoms with Gasteiger partial charge in [-0.05, 0) is 25.2 Å². The van der Waals surface area contributed by atoms with Crippen molar-refractivity contribution >= 4 is 0 Å². The Morgan fingerprint density at radius 2 is 1.70 bits per heavy atom. The van der Waals surface area contributed by atoms with E-state index in [1.54, 1.807) is 0 Å². The predicted molar refractivity (Wildman–Crippen MR) is 70.3 cm³/mol. The summed E-state index contributed by atoms with van der Waals surface area (Å²) in [6, 6.07) is 0. The summed E-state index contributed by atoms with van der Waals surface area (Å²) in [6.07, 6.45) is 4.21. The first-order valence-corrected chi connectivity index (χ1v) is 7.23. The summed E-state index contributed by atoms with van der Waals surface area (Å²) >= 11 is 0. The number of hydrogen-bond acceptors (Lipinski definition) is 2. The van der Waals surface area contributed by atoms with Gasteiger partial charge in [0, 0.05) is 32.7 Å². The summed E-state index contributed by atoms with van der Waals surface area (Å²) in [4.78, 5) is 3.71. The van der Waals surface area contributed by atoms with E-state index in [4.69, 9.17) is 0 Å². The molecule has 1 fully saturated rings. The second-order valence-corrected chi connectivity index (χ2v) is 5.79. The third-order valence-electron chi connectivity index (χ3n) is 4.11. The lowest BCUT2D eigenvalue weighted by Gasteiger charge is -2.37. The Morgan fingerprint density at radius 1 is 1.05 bits per heavy atom. The van der Waals surface area contributed by atoms with E-state index in [1.807, 2.05) is 0 Å². The maximum absolute atomic E-state index is 13.0. The van der Waals surface area contributed by atoms with Crippen molar-refractivity contribution in [3.8, 4) is 0 Å². The van der Waals surface area contributed by atoms with Crippen molar-refractivity contribution in [1.29, 1.82) is 0 Å². The fraction of sp³-hybridized carbons (Fsp3) is 0.857. The predicted octanol–water partition coefficient (Wildman–Crippen LogP) is 2.86. The quantitative estimate of drug-likeness (QED) is 0.568. The van der Waals surface area contributed by atoms with Crippen molar-refractivity contribution in [1.82, 2.24) is 9.80 Å². The van der Waals surface area contributed by atoms with Gasteiger partial charge in [-0.15, -0.1) is 0 Å². The van der Waals surface area contributed by atoms with Gasteiger partial charge in [-0.3, -0.25) is 4.90 Å². The molecule has 1 atom stereocenters. The van der Waals surface area contributed by atoms with Crippen LogP contribution in [0.4, 0.5) is 17.6 Å². The zero-order valence-corrected chi connectivity index (χ0v) is 11.6. The van der Waals surface area contributed by atoms with Crippen molar-refractivity contribution < 1.29 is 17.6 Å². The summed E-state index contributed by atoms with van der Waals surface area (Å²) in [5, 5.41) is 0. The fourth-order valence-electron chi connectivity index (χ4n) is 2.88. The minimum atomic E-state index is -3.89. The van der Waals surface area contributed by atoms with Gasteiger partial charge in [0.15, 0.2) is 0 Å². The highest BCUT2D eigenvalue weighted by Crippen LogP contribution is 2.25. The van der Waals surface area contributed by atoms with Crippen LogP contribution in [0, 0.1) is 5.92 Å². The highest BCUT2D eigenvalue weighted by molar-refractivity contribution is 4.91. The molecule has 0 saturated carbocycles. The van der Waals surface area contributed by atoms with Crippen LogP contribution >= 0.6 is 0 Å². The van der Waals surface area contributed by atoms with Crippen LogP contribution in [0.3, 0.4) is 0 Å². The molecule has 0 aromatic rings. The monoisotopic (exact) mass is 294 g/mol. The molecule has 0 radical (unpaired) electrons. The zero-order chi connectivity index (χ0) is 14.6. The Morgan fingerprint density at radius 3 is 2.25 bits per heavy atom. The third-order valence-corrected chi connectivity index (χ3v) is 4.11. The van der Waals surface area contributed by atoms with Gasteiger partial charge in [-0.1, -0.05) is 12.2 Å². The molecule has 0 spiro atoms. The number of alkyl halides is 4. The average Bonchev–Trinajstić information content (AvgIpc) is 2.42. The highest BCUT2D eigenvalue weighted by Gasteiger charge is 2.42. The molecular formula is C14H22F4N2. The van der Waals surface area contributed by atoms with Crippen LogP contribution in [0.1, 0.15) is 19.3 Å². The van der Waals surface area contributed by atoms with Gasteiger partial charge in [-0.25, -0.2) is 8.78 Å². The van der Waals surface area contributed by atoms with Crippen molar-refractivity contribution in [3.05, 3.63) is 12.2 Å². The van der Waals surface area contributed by atoms with Crippen molar-refractivity contribution in [3.63, 3.8) is 0 Å². The molecule has 1 aliphatic heterocycles. The fourth-order valence-corrected chi connectivity index (χ4v) is 2.88. The smallest absolute Gasteiger partial charge is 0.301 e. The largest absolute Gasteiger partial charge is 0.319 e. The standard InChI is InChI=1S/C14H22F4N2/c15-13(16)14(17,18)11-20-8-6-19(7-9-20)10-12-4-2-1-3-5-12/h1-2,12-13H,3-11H2. The van der Waals surface area contributed by atoms with Crippen molar-refractivity contribution in [2.75, 3.05) is 39.3 Å². The summed E-state index contributed by atoms with van der Waals surface area (Å²) in [5.41, 5.74) is 0. The average molecular weight is 294 g/mol. The van der Waals surface area contributed by atoms with Crippen LogP contribution < -0.4 is 0 Å². The van der Waals surface area contributed by atoms with Crippen LogP contribution in [-0.4, -0.2) is 61.4 Å². The van der Waals surface area contributed by atoms with Crippen LogP contribution in [0.15, 0.2) is 12.2 Å². The van der Waals surface area contributed by atoms with Gasteiger partial charge >= 0.3 is 12.3 Å². The molecule has 1 heterocycles. The zero-order valence-electron chi connectivity index (χ0n) is 11.6. The molecule has 0 aromatic heterocycles. The van der Waals surface area contributed by atoms with Crippen LogP contribution in [0.2, 0.25) is 0 Å². The van der Waals surface area contributed by atoms with Crippen LogP contribution in [0.5, 0.6) is 0 Å². The topological polar surface area (TPSA) is 6.48 Å². The number of halogens is 4. The van der Waals surface area contributed by atoms with Gasteiger partial charge in [0.05, 0.1) is 6.54 Å². The molecule has 2 aliphatic rings. The van der Waals surface area contributed by atoms with Crippen molar-refractivity contribution in [2.45, 2.75) is 31.6 Å². The van der Waals surface area contributed by atoms with Gasteiger partial charge in [0.25, 0.3) is 0 Å². The number of nitrogens with zero attached hydrogens (tertiary/aromatic N) is 2. The maximum Gasteiger partial charge on any atom is 0.319 e. The normalized spacial score (nSPS) is 26.4. The van der Waals surface area contributed by atoms with E-state index in [0.29, 0.717) is 32.1 Å². The second-order valence-electron chi connectivity index (χ2n) is 5.79. The molecule has 0 N–H and O–H groups in total. The first kappa shape index (κ1) is 15.8. The third kappa shape index (κ3) is 4.45. The lowest BCUT2D eigenvalue weighted by Crippen LogP contribution is -2.52. The number of hydrogen-bond donors (Lipinski definition) is 0. The first-order valence-electron chi connectivity index (χ1n) is 7.23. The van der Waals surface area contributed by atoms with E-state index in [0.717, 1.165) is 19.4 Å². The molecule has 0 bridgehead atoms. The minimum Gasteiger partial charge on any atom is -0.301 e. The van der Waals surface area contributed by atoms with Crippen molar-refractivity contribution in [2.24, 2.45) is 5.92 Å². The Hall–Kier alpha value is -0.620. The van der Waals surface area contributed by atoms with E-state index in [9.17, 15) is 17.6 Å². The van der Waals surface area contributed by atoms with Gasteiger partial charge in [0.1, 0.15) is 0 Å². The second kappa shape index (κ2) is 6.89. The van der Waals surface area contributed by atoms with Crippen LogP contribution in [0.25, 0.3) is 0 Å². The Bertz CT molecular complexity index is 325. The molecule has 116 valence electrons. The molecule has 6 heteroatoms. The molecule has 1 unspecified atom stereocenters. The molecule has 2 nitrogen and oxygen atoms in total. The van der Waals surface area contributed by atoms with Gasteiger partial charge in [0.2, 0.25) is 0 Å². The highest BCUT2D eigenvalue weighted by atomic mass is 19.3. The lowest BCUT2D eigenvalue weighted by atomic mass is 9.94. The van der Waals surface area contributed by atoms with Gasteiger partial charge < -0.3 is 4.90 Å². The van der Waals surface area contributed by atoms with E-state index >= 15 is 0 Å². The first-order chi connectivity index (χ1) is 9.47. The van der Waals surface area contributed by atoms with E-state index in [-0.39, 0.29) is 0 Å². The molecule has 1 aliphatic carbocycles. The van der Waals surface area contributed by atoms with E-state index in [1.165, 1.54) is 11.3 Å². The summed E-state index contributed by atoms with van der Waals surface area (Å²) in [7, 11) is 0. The molecule has 0 amide bonds. The number of allylic oxidation sites excluding steroid dienone is 2. The maximum atomic E-state index is 13.0. The molecule has 2 rings (SSSR count). The SMILES string of the molecule is FC(F)C(F)(F)CN1CCN(CC2CC=CCC2)CC1. The molecule has 1 saturated heterocycles. The Labute approximate surface area is 117 Å². The molecular weight excluding hydrogens is 272 g/mol. The summed E-state index contributed by atoms with van der Waals surface area (Å²) in [5.74, 6) is -3.25. The Balaban J connectivity index is 1.71. The summed E-state index contributed by atoms with van der Waals surface area (Å²) in [6.45, 7) is 2.45. The lowest BCUT2D eigenvalue weighted by molar-refractivity contribution is -0.145. The molecule has 20 heavy (non-hydrogen) atoms. The van der Waals surface area contributed by atoms with Crippen LogP contribution in [-0.2, 0) is 0 Å². The van der Waals surface area contributed by atoms with E-state index in [2.05, 4.69) is 17.1 Å². The summed E-state index contributed by atoms with van der Waals surface area (Å²) < 4.78 is 50.3. The minimum absolute atomic E-state index is 0.449. The van der Waals surface area contributed by atoms with Gasteiger partial charge in [-0.2, -0.15) is 8.78 Å². The molecule has 0 aromatic carbocycles. The van der Waals surface area contributed by atoms with E-state index < -0.39 is 18.9 Å². The number of rotatable bonds is 5. The number of piperazine rings is 1. The Kier molecular flexibility index (Phi) is 5.43.